The van der Waals surface area contributed by atoms with Crippen molar-refractivity contribution < 1.29 is 18.0 Å². The minimum atomic E-state index is -4.26. The molecule has 6 nitrogen and oxygen atoms in total. The summed E-state index contributed by atoms with van der Waals surface area (Å²) in [5.74, 6) is 0.0381. The van der Waals surface area contributed by atoms with E-state index in [4.69, 9.17) is 0 Å². The summed E-state index contributed by atoms with van der Waals surface area (Å²) in [6.07, 6.45) is -1.98. The second-order valence-corrected chi connectivity index (χ2v) is 6.02. The standard InChI is InChI=1S/C15H24F3N5O/c1-2-4-19-14(24)11-22-8-6-21(7-9-22)10-13-3-5-23(20-13)12-15(16,17)18/h3,5H,2,4,6-12H2,1H3,(H,19,24). The molecule has 0 saturated carbocycles. The van der Waals surface area contributed by atoms with Crippen molar-refractivity contribution in [3.63, 3.8) is 0 Å². The molecule has 1 aromatic heterocycles. The maximum absolute atomic E-state index is 12.3. The van der Waals surface area contributed by atoms with Gasteiger partial charge in [0, 0.05) is 45.5 Å². The van der Waals surface area contributed by atoms with Gasteiger partial charge in [-0.15, -0.1) is 0 Å². The van der Waals surface area contributed by atoms with E-state index in [0.29, 0.717) is 25.3 Å². The van der Waals surface area contributed by atoms with Crippen molar-refractivity contribution in [3.05, 3.63) is 18.0 Å². The molecule has 1 fully saturated rings. The normalized spacial score (nSPS) is 17.2. The predicted octanol–water partition coefficient (Wildman–Crippen LogP) is 1.09. The highest BCUT2D eigenvalue weighted by Crippen LogP contribution is 2.17. The summed E-state index contributed by atoms with van der Waals surface area (Å²) in [4.78, 5) is 15.9. The minimum absolute atomic E-state index is 0.0381. The van der Waals surface area contributed by atoms with E-state index in [0.717, 1.165) is 37.3 Å². The molecule has 2 rings (SSSR count). The molecule has 1 amide bonds. The van der Waals surface area contributed by atoms with Crippen LogP contribution < -0.4 is 5.32 Å². The van der Waals surface area contributed by atoms with Gasteiger partial charge in [0.1, 0.15) is 6.54 Å². The van der Waals surface area contributed by atoms with Crippen LogP contribution in [0.15, 0.2) is 12.3 Å². The van der Waals surface area contributed by atoms with Gasteiger partial charge in [-0.1, -0.05) is 6.92 Å². The largest absolute Gasteiger partial charge is 0.408 e. The Balaban J connectivity index is 1.72. The highest BCUT2D eigenvalue weighted by atomic mass is 19.4. The zero-order valence-corrected chi connectivity index (χ0v) is 13.8. The number of piperazine rings is 1. The molecule has 9 heteroatoms. The Morgan fingerprint density at radius 1 is 1.25 bits per heavy atom. The van der Waals surface area contributed by atoms with Crippen LogP contribution in [0.2, 0.25) is 0 Å². The van der Waals surface area contributed by atoms with E-state index in [1.165, 1.54) is 6.20 Å². The quantitative estimate of drug-likeness (QED) is 0.802. The number of nitrogens with one attached hydrogen (secondary N) is 1. The molecule has 1 aromatic rings. The average Bonchev–Trinajstić information content (AvgIpc) is 2.92. The summed E-state index contributed by atoms with van der Waals surface area (Å²) in [7, 11) is 0. The number of hydrogen-bond donors (Lipinski definition) is 1. The average molecular weight is 347 g/mol. The van der Waals surface area contributed by atoms with Crippen LogP contribution in [0.4, 0.5) is 13.2 Å². The fourth-order valence-corrected chi connectivity index (χ4v) is 2.62. The first kappa shape index (κ1) is 18.7. The van der Waals surface area contributed by atoms with Crippen LogP contribution >= 0.6 is 0 Å². The van der Waals surface area contributed by atoms with Crippen molar-refractivity contribution >= 4 is 5.91 Å². The van der Waals surface area contributed by atoms with Crippen molar-refractivity contribution in [2.45, 2.75) is 32.6 Å². The Hall–Kier alpha value is -1.61. The molecule has 0 atom stereocenters. The summed E-state index contributed by atoms with van der Waals surface area (Å²) >= 11 is 0. The third kappa shape index (κ3) is 6.48. The number of nitrogens with zero attached hydrogens (tertiary/aromatic N) is 4. The number of hydrogen-bond acceptors (Lipinski definition) is 4. The van der Waals surface area contributed by atoms with Gasteiger partial charge in [0.05, 0.1) is 12.2 Å². The van der Waals surface area contributed by atoms with E-state index < -0.39 is 12.7 Å². The molecule has 0 radical (unpaired) electrons. The molecule has 24 heavy (non-hydrogen) atoms. The van der Waals surface area contributed by atoms with E-state index in [1.807, 2.05) is 6.92 Å². The molecule has 1 aliphatic heterocycles. The number of carbonyl (C=O) groups is 1. The fraction of sp³-hybridized carbons (Fsp3) is 0.733. The molecule has 0 aliphatic carbocycles. The first-order chi connectivity index (χ1) is 11.4. The summed E-state index contributed by atoms with van der Waals surface area (Å²) in [6.45, 7) is 5.64. The Morgan fingerprint density at radius 3 is 2.54 bits per heavy atom. The second-order valence-electron chi connectivity index (χ2n) is 6.02. The van der Waals surface area contributed by atoms with Gasteiger partial charge in [-0.25, -0.2) is 0 Å². The molecule has 1 aliphatic rings. The van der Waals surface area contributed by atoms with Gasteiger partial charge >= 0.3 is 6.18 Å². The van der Waals surface area contributed by atoms with E-state index in [9.17, 15) is 18.0 Å². The molecule has 136 valence electrons. The molecule has 0 bridgehead atoms. The van der Waals surface area contributed by atoms with Crippen molar-refractivity contribution in [3.8, 4) is 0 Å². The third-order valence-corrected chi connectivity index (χ3v) is 3.83. The van der Waals surface area contributed by atoms with E-state index in [2.05, 4.69) is 20.2 Å². The smallest absolute Gasteiger partial charge is 0.355 e. The van der Waals surface area contributed by atoms with Gasteiger partial charge in [-0.2, -0.15) is 18.3 Å². The molecular formula is C15H24F3N5O. The SMILES string of the molecule is CCCNC(=O)CN1CCN(Cc2ccn(CC(F)(F)F)n2)CC1. The fourth-order valence-electron chi connectivity index (χ4n) is 2.62. The molecule has 0 spiro atoms. The molecule has 1 N–H and O–H groups in total. The lowest BCUT2D eigenvalue weighted by Gasteiger charge is -2.33. The van der Waals surface area contributed by atoms with Crippen LogP contribution in [-0.4, -0.2) is 70.9 Å². The van der Waals surface area contributed by atoms with Gasteiger partial charge in [-0.3, -0.25) is 19.3 Å². The highest BCUT2D eigenvalue weighted by molar-refractivity contribution is 5.77. The highest BCUT2D eigenvalue weighted by Gasteiger charge is 2.28. The number of rotatable bonds is 7. The van der Waals surface area contributed by atoms with Gasteiger partial charge in [-0.05, 0) is 12.5 Å². The van der Waals surface area contributed by atoms with Crippen LogP contribution in [0.25, 0.3) is 0 Å². The second kappa shape index (κ2) is 8.48. The summed E-state index contributed by atoms with van der Waals surface area (Å²) < 4.78 is 37.9. The minimum Gasteiger partial charge on any atom is -0.355 e. The number of amides is 1. The van der Waals surface area contributed by atoms with Gasteiger partial charge in [0.25, 0.3) is 0 Å². The maximum atomic E-state index is 12.3. The van der Waals surface area contributed by atoms with Gasteiger partial charge in [0.15, 0.2) is 0 Å². The topological polar surface area (TPSA) is 53.4 Å². The monoisotopic (exact) mass is 347 g/mol. The van der Waals surface area contributed by atoms with Crippen molar-refractivity contribution in [2.75, 3.05) is 39.3 Å². The Bertz CT molecular complexity index is 523. The zero-order chi connectivity index (χ0) is 17.6. The molecule has 2 heterocycles. The predicted molar refractivity (Wildman–Crippen MR) is 83.3 cm³/mol. The number of alkyl halides is 3. The van der Waals surface area contributed by atoms with Crippen LogP contribution in [0.3, 0.4) is 0 Å². The first-order valence-electron chi connectivity index (χ1n) is 8.16. The van der Waals surface area contributed by atoms with E-state index in [1.54, 1.807) is 6.07 Å². The van der Waals surface area contributed by atoms with Crippen molar-refractivity contribution in [1.82, 2.24) is 24.9 Å². The Kier molecular flexibility index (Phi) is 6.61. The number of halogens is 3. The van der Waals surface area contributed by atoms with Crippen LogP contribution in [0.5, 0.6) is 0 Å². The summed E-state index contributed by atoms with van der Waals surface area (Å²) in [6, 6.07) is 1.62. The molecule has 1 saturated heterocycles. The van der Waals surface area contributed by atoms with Crippen LogP contribution in [0, 0.1) is 0 Å². The Morgan fingerprint density at radius 2 is 1.92 bits per heavy atom. The van der Waals surface area contributed by atoms with Crippen LogP contribution in [-0.2, 0) is 17.9 Å². The van der Waals surface area contributed by atoms with Crippen molar-refractivity contribution in [2.24, 2.45) is 0 Å². The summed E-state index contributed by atoms with van der Waals surface area (Å²) in [5, 5.41) is 6.82. The lowest BCUT2D eigenvalue weighted by Crippen LogP contribution is -2.49. The molecular weight excluding hydrogens is 323 g/mol. The third-order valence-electron chi connectivity index (χ3n) is 3.83. The maximum Gasteiger partial charge on any atom is 0.408 e. The summed E-state index contributed by atoms with van der Waals surface area (Å²) in [5.41, 5.74) is 0.633. The lowest BCUT2D eigenvalue weighted by molar-refractivity contribution is -0.142. The van der Waals surface area contributed by atoms with E-state index >= 15 is 0 Å². The van der Waals surface area contributed by atoms with Crippen LogP contribution in [0.1, 0.15) is 19.0 Å². The Labute approximate surface area is 139 Å². The lowest BCUT2D eigenvalue weighted by atomic mass is 10.3. The van der Waals surface area contributed by atoms with Gasteiger partial charge < -0.3 is 5.32 Å². The first-order valence-corrected chi connectivity index (χ1v) is 8.16. The number of aromatic nitrogens is 2. The molecule has 0 aromatic carbocycles. The van der Waals surface area contributed by atoms with Crippen molar-refractivity contribution in [1.29, 1.82) is 0 Å². The zero-order valence-electron chi connectivity index (χ0n) is 13.8. The molecule has 0 unspecified atom stereocenters. The number of carbonyl (C=O) groups excluding carboxylic acids is 1. The van der Waals surface area contributed by atoms with E-state index in [-0.39, 0.29) is 5.91 Å². The van der Waals surface area contributed by atoms with Gasteiger partial charge in [0.2, 0.25) is 5.91 Å².